The van der Waals surface area contributed by atoms with E-state index in [0.717, 1.165) is 23.1 Å². The molecular weight excluding hydrogens is 450 g/mol. The molecule has 35 heavy (non-hydrogen) atoms. The number of methoxy groups -OCH3 is 1. The highest BCUT2D eigenvalue weighted by Gasteiger charge is 2.30. The SMILES string of the molecule is COc1ccc2ccc(=O)n(CCN3C[C@@H](CNCc4ccc5c(n4)NC(=O)CO5)[C@@H](O)C3)c2c1. The van der Waals surface area contributed by atoms with Crippen LogP contribution < -0.4 is 25.7 Å². The van der Waals surface area contributed by atoms with Crippen molar-refractivity contribution in [2.75, 3.05) is 45.2 Å². The number of nitrogens with zero attached hydrogens (tertiary/aromatic N) is 3. The standard InChI is InChI=1S/C25H29N5O5/c1-34-19-5-2-16-3-7-24(33)30(20(16)10-19)9-8-29-13-17(21(31)14-29)11-26-12-18-4-6-22-25(27-18)28-23(32)15-35-22/h2-7,10,17,21,26,31H,8-9,11-15H2,1H3,(H,27,28,32)/t17-,21+/m1/s1. The van der Waals surface area contributed by atoms with Crippen LogP contribution in [0.4, 0.5) is 5.82 Å². The van der Waals surface area contributed by atoms with Crippen molar-refractivity contribution in [3.63, 3.8) is 0 Å². The molecule has 5 rings (SSSR count). The van der Waals surface area contributed by atoms with Crippen LogP contribution in [0.25, 0.3) is 10.9 Å². The summed E-state index contributed by atoms with van der Waals surface area (Å²) >= 11 is 0. The molecule has 1 amide bonds. The Morgan fingerprint density at radius 2 is 2.03 bits per heavy atom. The third kappa shape index (κ3) is 5.14. The monoisotopic (exact) mass is 479 g/mol. The normalized spacial score (nSPS) is 19.9. The molecule has 10 heteroatoms. The maximum absolute atomic E-state index is 12.6. The number of aromatic nitrogens is 2. The lowest BCUT2D eigenvalue weighted by Crippen LogP contribution is -2.31. The molecule has 4 heterocycles. The van der Waals surface area contributed by atoms with E-state index in [4.69, 9.17) is 9.47 Å². The lowest BCUT2D eigenvalue weighted by Gasteiger charge is -2.19. The predicted octanol–water partition coefficient (Wildman–Crippen LogP) is 0.819. The van der Waals surface area contributed by atoms with E-state index in [9.17, 15) is 14.7 Å². The van der Waals surface area contributed by atoms with Crippen molar-refractivity contribution >= 4 is 22.6 Å². The van der Waals surface area contributed by atoms with E-state index in [2.05, 4.69) is 20.5 Å². The number of benzene rings is 1. The molecule has 1 aromatic carbocycles. The Morgan fingerprint density at radius 3 is 2.89 bits per heavy atom. The van der Waals surface area contributed by atoms with Crippen LogP contribution >= 0.6 is 0 Å². The maximum atomic E-state index is 12.6. The van der Waals surface area contributed by atoms with Crippen molar-refractivity contribution in [3.05, 3.63) is 58.5 Å². The average molecular weight is 480 g/mol. The summed E-state index contributed by atoms with van der Waals surface area (Å²) in [6, 6.07) is 12.8. The second-order valence-electron chi connectivity index (χ2n) is 8.95. The Balaban J connectivity index is 1.16. The highest BCUT2D eigenvalue weighted by molar-refractivity contribution is 5.94. The van der Waals surface area contributed by atoms with E-state index < -0.39 is 6.10 Å². The number of carbonyl (C=O) groups excluding carboxylic acids is 1. The maximum Gasteiger partial charge on any atom is 0.263 e. The van der Waals surface area contributed by atoms with Crippen LogP contribution in [0.5, 0.6) is 11.5 Å². The number of fused-ring (bicyclic) bond motifs is 2. The van der Waals surface area contributed by atoms with Crippen molar-refractivity contribution in [1.82, 2.24) is 19.8 Å². The number of carbonyl (C=O) groups is 1. The zero-order valence-electron chi connectivity index (χ0n) is 19.6. The molecule has 0 aliphatic carbocycles. The molecular formula is C25H29N5O5. The molecule has 3 N–H and O–H groups in total. The molecule has 0 unspecified atom stereocenters. The summed E-state index contributed by atoms with van der Waals surface area (Å²) in [5.74, 6) is 1.57. The smallest absolute Gasteiger partial charge is 0.263 e. The van der Waals surface area contributed by atoms with Gasteiger partial charge in [0.1, 0.15) is 5.75 Å². The Kier molecular flexibility index (Phi) is 6.67. The molecule has 1 saturated heterocycles. The number of ether oxygens (including phenoxy) is 2. The zero-order valence-corrected chi connectivity index (χ0v) is 19.6. The number of rotatable bonds is 8. The molecule has 0 bridgehead atoms. The fourth-order valence-electron chi connectivity index (χ4n) is 4.68. The summed E-state index contributed by atoms with van der Waals surface area (Å²) in [7, 11) is 1.61. The zero-order chi connectivity index (χ0) is 24.4. The van der Waals surface area contributed by atoms with Gasteiger partial charge in [-0.3, -0.25) is 14.5 Å². The Bertz CT molecular complexity index is 1290. The first-order valence-corrected chi connectivity index (χ1v) is 11.7. The number of nitrogens with one attached hydrogen (secondary N) is 2. The Labute approximate surface area is 202 Å². The van der Waals surface area contributed by atoms with Gasteiger partial charge in [0, 0.05) is 57.3 Å². The van der Waals surface area contributed by atoms with Crippen molar-refractivity contribution < 1.29 is 19.4 Å². The molecule has 2 aliphatic rings. The molecule has 2 aliphatic heterocycles. The van der Waals surface area contributed by atoms with Crippen LogP contribution in [0.1, 0.15) is 5.69 Å². The van der Waals surface area contributed by atoms with Gasteiger partial charge in [0.15, 0.2) is 18.2 Å². The molecule has 0 saturated carbocycles. The van der Waals surface area contributed by atoms with Crippen LogP contribution in [0.2, 0.25) is 0 Å². The number of pyridine rings is 2. The number of β-amino-alcohol motifs (C(OH)–C–C–N with tert-alkyl or cyclic N) is 1. The topological polar surface area (TPSA) is 118 Å². The van der Waals surface area contributed by atoms with Gasteiger partial charge in [0.25, 0.3) is 11.5 Å². The van der Waals surface area contributed by atoms with Gasteiger partial charge < -0.3 is 29.8 Å². The number of anilines is 1. The van der Waals surface area contributed by atoms with Crippen molar-refractivity contribution in [2.45, 2.75) is 19.2 Å². The van der Waals surface area contributed by atoms with Gasteiger partial charge in [0.2, 0.25) is 0 Å². The molecule has 2 aromatic heterocycles. The summed E-state index contributed by atoms with van der Waals surface area (Å²) in [5, 5.41) is 17.6. The molecule has 1 fully saturated rings. The number of aliphatic hydroxyl groups is 1. The number of amides is 1. The van der Waals surface area contributed by atoms with E-state index in [1.54, 1.807) is 23.8 Å². The third-order valence-corrected chi connectivity index (χ3v) is 6.57. The van der Waals surface area contributed by atoms with E-state index in [1.165, 1.54) is 0 Å². The van der Waals surface area contributed by atoms with Crippen LogP contribution in [0.15, 0.2) is 47.3 Å². The second kappa shape index (κ2) is 10.0. The minimum absolute atomic E-state index is 0.00562. The van der Waals surface area contributed by atoms with Crippen molar-refractivity contribution in [3.8, 4) is 11.5 Å². The fourth-order valence-corrected chi connectivity index (χ4v) is 4.68. The largest absolute Gasteiger partial charge is 0.497 e. The van der Waals surface area contributed by atoms with E-state index >= 15 is 0 Å². The van der Waals surface area contributed by atoms with Gasteiger partial charge >= 0.3 is 0 Å². The molecule has 10 nitrogen and oxygen atoms in total. The van der Waals surface area contributed by atoms with Crippen LogP contribution in [-0.2, 0) is 17.9 Å². The second-order valence-corrected chi connectivity index (χ2v) is 8.95. The van der Waals surface area contributed by atoms with Crippen LogP contribution in [0, 0.1) is 5.92 Å². The molecule has 0 radical (unpaired) electrons. The van der Waals surface area contributed by atoms with Crippen LogP contribution in [0.3, 0.4) is 0 Å². The first kappa shape index (κ1) is 23.3. The number of likely N-dealkylation sites (tertiary alicyclic amines) is 1. The summed E-state index contributed by atoms with van der Waals surface area (Å²) in [6.07, 6.45) is -0.448. The number of hydrogen-bond acceptors (Lipinski definition) is 8. The van der Waals surface area contributed by atoms with Gasteiger partial charge in [0.05, 0.1) is 24.4 Å². The minimum Gasteiger partial charge on any atom is -0.497 e. The highest BCUT2D eigenvalue weighted by Crippen LogP contribution is 2.25. The average Bonchev–Trinajstić information content (AvgIpc) is 3.21. The quantitative estimate of drug-likeness (QED) is 0.435. The Hall–Kier alpha value is -3.47. The van der Waals surface area contributed by atoms with Gasteiger partial charge in [-0.2, -0.15) is 0 Å². The first-order chi connectivity index (χ1) is 17.0. The predicted molar refractivity (Wildman–Crippen MR) is 131 cm³/mol. The van der Waals surface area contributed by atoms with Gasteiger partial charge in [-0.15, -0.1) is 0 Å². The Morgan fingerprint density at radius 1 is 1.17 bits per heavy atom. The lowest BCUT2D eigenvalue weighted by atomic mass is 10.1. The third-order valence-electron chi connectivity index (χ3n) is 6.57. The lowest BCUT2D eigenvalue weighted by molar-refractivity contribution is -0.118. The van der Waals surface area contributed by atoms with E-state index in [1.807, 2.05) is 30.3 Å². The summed E-state index contributed by atoms with van der Waals surface area (Å²) in [5.41, 5.74) is 1.57. The van der Waals surface area contributed by atoms with Crippen molar-refractivity contribution in [2.24, 2.45) is 5.92 Å². The van der Waals surface area contributed by atoms with E-state index in [0.29, 0.717) is 50.0 Å². The van der Waals surface area contributed by atoms with Gasteiger partial charge in [-0.05, 0) is 35.7 Å². The molecule has 3 aromatic rings. The number of aliphatic hydroxyl groups excluding tert-OH is 1. The first-order valence-electron chi connectivity index (χ1n) is 11.7. The summed E-state index contributed by atoms with van der Waals surface area (Å²) in [6.45, 7) is 3.64. The molecule has 0 spiro atoms. The van der Waals surface area contributed by atoms with Crippen molar-refractivity contribution in [1.29, 1.82) is 0 Å². The summed E-state index contributed by atoms with van der Waals surface area (Å²) < 4.78 is 12.4. The highest BCUT2D eigenvalue weighted by atomic mass is 16.5. The molecule has 184 valence electrons. The van der Waals surface area contributed by atoms with Gasteiger partial charge in [-0.25, -0.2) is 4.98 Å². The minimum atomic E-state index is -0.448. The van der Waals surface area contributed by atoms with Crippen LogP contribution in [-0.4, -0.2) is 71.5 Å². The van der Waals surface area contributed by atoms with Gasteiger partial charge in [-0.1, -0.05) is 0 Å². The van der Waals surface area contributed by atoms with E-state index in [-0.39, 0.29) is 24.0 Å². The molecule has 2 atom stereocenters. The number of hydrogen-bond donors (Lipinski definition) is 3. The summed E-state index contributed by atoms with van der Waals surface area (Å²) in [4.78, 5) is 30.7. The fraction of sp³-hybridized carbons (Fsp3) is 0.400.